The zero-order chi connectivity index (χ0) is 26.5. The Morgan fingerprint density at radius 3 is 2.65 bits per heavy atom. The molecular weight excluding hydrogens is 500 g/mol. The van der Waals surface area contributed by atoms with Crippen LogP contribution in [-0.2, 0) is 9.59 Å². The van der Waals surface area contributed by atoms with Crippen molar-refractivity contribution in [1.29, 1.82) is 0 Å². The van der Waals surface area contributed by atoms with E-state index in [1.807, 2.05) is 13.0 Å². The fraction of sp³-hybridized carbons (Fsp3) is 0.120. The van der Waals surface area contributed by atoms with Crippen LogP contribution in [0.3, 0.4) is 0 Å². The Labute approximate surface area is 215 Å². The smallest absolute Gasteiger partial charge is 0.294 e. The first-order valence-electron chi connectivity index (χ1n) is 10.8. The number of anilines is 1. The molecule has 4 rings (SSSR count). The van der Waals surface area contributed by atoms with E-state index < -0.39 is 28.5 Å². The molecule has 1 N–H and O–H groups in total. The number of imide groups is 1. The zero-order valence-corrected chi connectivity index (χ0v) is 20.5. The van der Waals surface area contributed by atoms with E-state index in [2.05, 4.69) is 10.3 Å². The lowest BCUT2D eigenvalue weighted by Crippen LogP contribution is -2.36. The fourth-order valence-electron chi connectivity index (χ4n) is 3.37. The molecule has 37 heavy (non-hydrogen) atoms. The molecule has 3 amide bonds. The summed E-state index contributed by atoms with van der Waals surface area (Å²) in [5, 5.41) is 12.9. The van der Waals surface area contributed by atoms with Gasteiger partial charge in [0.25, 0.3) is 16.8 Å². The molecule has 11 nitrogen and oxygen atoms in total. The highest BCUT2D eigenvalue weighted by Gasteiger charge is 2.36. The summed E-state index contributed by atoms with van der Waals surface area (Å²) in [5.41, 5.74) is 1.92. The quantitative estimate of drug-likeness (QED) is 0.252. The lowest BCUT2D eigenvalue weighted by Gasteiger charge is -2.12. The van der Waals surface area contributed by atoms with Gasteiger partial charge in [0.15, 0.2) is 11.5 Å². The van der Waals surface area contributed by atoms with Crippen molar-refractivity contribution in [3.05, 3.63) is 86.9 Å². The number of benzene rings is 2. The van der Waals surface area contributed by atoms with Crippen LogP contribution < -0.4 is 14.8 Å². The molecule has 0 aliphatic carbocycles. The van der Waals surface area contributed by atoms with Gasteiger partial charge in [-0.2, -0.15) is 0 Å². The van der Waals surface area contributed by atoms with Gasteiger partial charge in [0.2, 0.25) is 11.8 Å². The van der Waals surface area contributed by atoms with E-state index in [0.29, 0.717) is 22.7 Å². The third-order valence-electron chi connectivity index (χ3n) is 5.11. The Hall–Kier alpha value is -4.71. The molecule has 1 saturated heterocycles. The molecule has 12 heteroatoms. The summed E-state index contributed by atoms with van der Waals surface area (Å²) >= 11 is 0.733. The van der Waals surface area contributed by atoms with Gasteiger partial charge in [0.05, 0.1) is 16.9 Å². The number of ether oxygens (including phenoxy) is 2. The van der Waals surface area contributed by atoms with E-state index in [1.165, 1.54) is 25.3 Å². The monoisotopic (exact) mass is 520 g/mol. The fourth-order valence-corrected chi connectivity index (χ4v) is 4.20. The number of rotatable bonds is 8. The number of aromatic nitrogens is 1. The summed E-state index contributed by atoms with van der Waals surface area (Å²) in [5.74, 6) is -0.338. The number of nitrogens with one attached hydrogen (secondary N) is 1. The first-order chi connectivity index (χ1) is 17.7. The molecule has 0 atom stereocenters. The van der Waals surface area contributed by atoms with Crippen LogP contribution in [0.1, 0.15) is 11.1 Å². The first kappa shape index (κ1) is 25.4. The Morgan fingerprint density at radius 2 is 1.97 bits per heavy atom. The lowest BCUT2D eigenvalue weighted by atomic mass is 10.2. The maximum Gasteiger partial charge on any atom is 0.294 e. The Bertz CT molecular complexity index is 1420. The van der Waals surface area contributed by atoms with Crippen LogP contribution >= 0.6 is 11.8 Å². The van der Waals surface area contributed by atoms with Crippen molar-refractivity contribution in [2.45, 2.75) is 6.92 Å². The highest BCUT2D eigenvalue weighted by molar-refractivity contribution is 8.18. The predicted octanol–water partition coefficient (Wildman–Crippen LogP) is 4.77. The van der Waals surface area contributed by atoms with Crippen LogP contribution in [0.4, 0.5) is 16.2 Å². The molecule has 2 heterocycles. The Morgan fingerprint density at radius 1 is 1.16 bits per heavy atom. The number of carbonyl (C=O) groups excluding carboxylic acids is 3. The number of nitro groups is 1. The predicted molar refractivity (Wildman–Crippen MR) is 136 cm³/mol. The number of nitrogens with zero attached hydrogens (tertiary/aromatic N) is 3. The molecule has 188 valence electrons. The zero-order valence-electron chi connectivity index (χ0n) is 19.7. The second-order valence-corrected chi connectivity index (χ2v) is 8.80. The highest BCUT2D eigenvalue weighted by atomic mass is 32.2. The van der Waals surface area contributed by atoms with Crippen molar-refractivity contribution in [3.63, 3.8) is 0 Å². The summed E-state index contributed by atoms with van der Waals surface area (Å²) < 4.78 is 11.0. The summed E-state index contributed by atoms with van der Waals surface area (Å²) in [7, 11) is 1.43. The lowest BCUT2D eigenvalue weighted by molar-refractivity contribution is -0.385. The van der Waals surface area contributed by atoms with Gasteiger partial charge in [0.1, 0.15) is 12.7 Å². The maximum atomic E-state index is 12.8. The van der Waals surface area contributed by atoms with Gasteiger partial charge >= 0.3 is 0 Å². The summed E-state index contributed by atoms with van der Waals surface area (Å²) in [6.45, 7) is 1.48. The van der Waals surface area contributed by atoms with Gasteiger partial charge < -0.3 is 14.8 Å². The van der Waals surface area contributed by atoms with Crippen LogP contribution in [0.25, 0.3) is 6.08 Å². The van der Waals surface area contributed by atoms with Crippen LogP contribution in [0.5, 0.6) is 17.4 Å². The Balaban J connectivity index is 1.45. The molecule has 1 aliphatic rings. The molecule has 2 aromatic carbocycles. The summed E-state index contributed by atoms with van der Waals surface area (Å²) in [6.07, 6.45) is 2.59. The topological polar surface area (TPSA) is 141 Å². The minimum Gasteiger partial charge on any atom is -0.493 e. The van der Waals surface area contributed by atoms with Gasteiger partial charge in [-0.05, 0) is 60.2 Å². The number of carbonyl (C=O) groups is 3. The van der Waals surface area contributed by atoms with Gasteiger partial charge in [-0.3, -0.25) is 29.4 Å². The third kappa shape index (κ3) is 6.11. The number of pyridine rings is 1. The largest absolute Gasteiger partial charge is 0.493 e. The van der Waals surface area contributed by atoms with Crippen molar-refractivity contribution < 1.29 is 28.8 Å². The normalized spacial score (nSPS) is 14.1. The van der Waals surface area contributed by atoms with E-state index >= 15 is 0 Å². The Kier molecular flexibility index (Phi) is 7.49. The molecule has 1 aromatic heterocycles. The molecular formula is C25H20N4O7S. The molecule has 1 aliphatic heterocycles. The van der Waals surface area contributed by atoms with E-state index in [4.69, 9.17) is 9.47 Å². The van der Waals surface area contributed by atoms with E-state index in [0.717, 1.165) is 28.4 Å². The van der Waals surface area contributed by atoms with Gasteiger partial charge in [-0.1, -0.05) is 18.2 Å². The number of amides is 3. The molecule has 1 fully saturated rings. The number of thioether (sulfide) groups is 1. The second kappa shape index (κ2) is 10.9. The summed E-state index contributed by atoms with van der Waals surface area (Å²) in [6, 6.07) is 14.6. The minimum absolute atomic E-state index is 0.127. The number of methoxy groups -OCH3 is 1. The molecule has 0 bridgehead atoms. The van der Waals surface area contributed by atoms with E-state index in [-0.39, 0.29) is 16.5 Å². The van der Waals surface area contributed by atoms with Crippen molar-refractivity contribution in [1.82, 2.24) is 9.88 Å². The standard InChI is InChI=1S/C25H20N4O7S/c1-15-4-3-5-17(10-15)27-22(30)14-28-24(31)21(37-25(28)32)12-16-6-8-19(20(11-16)35-2)36-23-9-7-18(13-26-23)29(33)34/h3-13H,14H2,1-2H3,(H,27,30)/b21-12-. The molecule has 0 saturated carbocycles. The van der Waals surface area contributed by atoms with Gasteiger partial charge in [-0.15, -0.1) is 0 Å². The van der Waals surface area contributed by atoms with Crippen LogP contribution in [-0.4, -0.2) is 45.5 Å². The van der Waals surface area contributed by atoms with Gasteiger partial charge in [0, 0.05) is 17.8 Å². The number of aryl methyl sites for hydroxylation is 1. The maximum absolute atomic E-state index is 12.8. The highest BCUT2D eigenvalue weighted by Crippen LogP contribution is 2.36. The van der Waals surface area contributed by atoms with Crippen molar-refractivity contribution in [2.75, 3.05) is 19.0 Å². The van der Waals surface area contributed by atoms with E-state index in [1.54, 1.807) is 36.4 Å². The van der Waals surface area contributed by atoms with E-state index in [9.17, 15) is 24.5 Å². The second-order valence-electron chi connectivity index (χ2n) is 7.81. The van der Waals surface area contributed by atoms with Gasteiger partial charge in [-0.25, -0.2) is 4.98 Å². The average molecular weight is 521 g/mol. The number of hydrogen-bond donors (Lipinski definition) is 1. The minimum atomic E-state index is -0.580. The molecule has 0 unspecified atom stereocenters. The van der Waals surface area contributed by atoms with Crippen molar-refractivity contribution in [3.8, 4) is 17.4 Å². The molecule has 0 radical (unpaired) electrons. The summed E-state index contributed by atoms with van der Waals surface area (Å²) in [4.78, 5) is 52.8. The average Bonchev–Trinajstić information content (AvgIpc) is 3.12. The van der Waals surface area contributed by atoms with Crippen molar-refractivity contribution >= 4 is 46.3 Å². The van der Waals surface area contributed by atoms with Crippen LogP contribution in [0, 0.1) is 17.0 Å². The van der Waals surface area contributed by atoms with Crippen LogP contribution in [0.2, 0.25) is 0 Å². The first-order valence-corrected chi connectivity index (χ1v) is 11.6. The molecule has 3 aromatic rings. The third-order valence-corrected chi connectivity index (χ3v) is 6.02. The number of hydrogen-bond acceptors (Lipinski definition) is 9. The molecule has 0 spiro atoms. The van der Waals surface area contributed by atoms with Crippen LogP contribution in [0.15, 0.2) is 65.7 Å². The van der Waals surface area contributed by atoms with Crippen molar-refractivity contribution in [2.24, 2.45) is 0 Å². The SMILES string of the molecule is COc1cc(/C=C2\SC(=O)N(CC(=O)Nc3cccc(C)c3)C2=O)ccc1Oc1ccc([N+](=O)[O-])cn1.